The van der Waals surface area contributed by atoms with Gasteiger partial charge < -0.3 is 19.9 Å². The SMILES string of the molecule is C[C@H](NC(=O)c1cnn2cc(CCO)cnc12)c1ccc2c(c1)OCCO2. The third-order valence-corrected chi connectivity index (χ3v) is 4.47. The van der Waals surface area contributed by atoms with E-state index in [1.54, 1.807) is 16.9 Å². The van der Waals surface area contributed by atoms with E-state index in [1.807, 2.05) is 25.1 Å². The van der Waals surface area contributed by atoms with Crippen LogP contribution in [0.1, 0.15) is 34.5 Å². The normalized spacial score (nSPS) is 14.1. The number of aliphatic hydroxyl groups excluding tert-OH is 1. The van der Waals surface area contributed by atoms with Gasteiger partial charge in [-0.1, -0.05) is 6.07 Å². The Morgan fingerprint density at radius 3 is 2.93 bits per heavy atom. The van der Waals surface area contributed by atoms with E-state index < -0.39 is 0 Å². The minimum absolute atomic E-state index is 0.0366. The van der Waals surface area contributed by atoms with Gasteiger partial charge in [-0.15, -0.1) is 0 Å². The molecular weight excluding hydrogens is 348 g/mol. The van der Waals surface area contributed by atoms with Gasteiger partial charge in [0, 0.05) is 19.0 Å². The lowest BCUT2D eigenvalue weighted by molar-refractivity contribution is 0.0941. The number of amides is 1. The van der Waals surface area contributed by atoms with Crippen molar-refractivity contribution in [1.29, 1.82) is 0 Å². The molecule has 4 rings (SSSR count). The fourth-order valence-corrected chi connectivity index (χ4v) is 3.02. The van der Waals surface area contributed by atoms with Gasteiger partial charge in [0.25, 0.3) is 5.91 Å². The van der Waals surface area contributed by atoms with Gasteiger partial charge in [0.1, 0.15) is 18.8 Å². The molecule has 140 valence electrons. The number of hydrogen-bond acceptors (Lipinski definition) is 6. The number of nitrogens with one attached hydrogen (secondary N) is 1. The van der Waals surface area contributed by atoms with E-state index >= 15 is 0 Å². The second kappa shape index (κ2) is 7.24. The number of ether oxygens (including phenoxy) is 2. The average Bonchev–Trinajstić information content (AvgIpc) is 3.11. The zero-order chi connectivity index (χ0) is 18.8. The summed E-state index contributed by atoms with van der Waals surface area (Å²) in [6.45, 7) is 3.00. The third-order valence-electron chi connectivity index (χ3n) is 4.47. The minimum Gasteiger partial charge on any atom is -0.486 e. The fraction of sp³-hybridized carbons (Fsp3) is 0.316. The van der Waals surface area contributed by atoms with Crippen LogP contribution in [0.5, 0.6) is 11.5 Å². The van der Waals surface area contributed by atoms with Crippen LogP contribution in [0.3, 0.4) is 0 Å². The molecule has 0 fully saturated rings. The maximum atomic E-state index is 12.7. The number of carbonyl (C=O) groups is 1. The molecule has 2 N–H and O–H groups in total. The lowest BCUT2D eigenvalue weighted by Gasteiger charge is -2.21. The van der Waals surface area contributed by atoms with Crippen molar-refractivity contribution < 1.29 is 19.4 Å². The zero-order valence-electron chi connectivity index (χ0n) is 14.9. The second-order valence-electron chi connectivity index (χ2n) is 6.36. The second-order valence-corrected chi connectivity index (χ2v) is 6.36. The van der Waals surface area contributed by atoms with Crippen LogP contribution in [-0.4, -0.2) is 45.4 Å². The molecule has 27 heavy (non-hydrogen) atoms. The summed E-state index contributed by atoms with van der Waals surface area (Å²) in [5.74, 6) is 1.15. The van der Waals surface area contributed by atoms with E-state index in [0.29, 0.717) is 42.3 Å². The van der Waals surface area contributed by atoms with Crippen LogP contribution in [0.4, 0.5) is 0 Å². The Balaban J connectivity index is 1.52. The van der Waals surface area contributed by atoms with Crippen molar-refractivity contribution in [2.45, 2.75) is 19.4 Å². The number of fused-ring (bicyclic) bond motifs is 2. The highest BCUT2D eigenvalue weighted by molar-refractivity contribution is 5.99. The lowest BCUT2D eigenvalue weighted by atomic mass is 10.1. The van der Waals surface area contributed by atoms with E-state index in [0.717, 1.165) is 11.1 Å². The van der Waals surface area contributed by atoms with Gasteiger partial charge in [0.15, 0.2) is 17.1 Å². The molecule has 1 aliphatic rings. The summed E-state index contributed by atoms with van der Waals surface area (Å²) in [7, 11) is 0. The van der Waals surface area contributed by atoms with Gasteiger partial charge in [-0.25, -0.2) is 9.50 Å². The first-order valence-electron chi connectivity index (χ1n) is 8.79. The molecule has 0 spiro atoms. The molecule has 2 aromatic heterocycles. The Morgan fingerprint density at radius 2 is 2.11 bits per heavy atom. The first-order chi connectivity index (χ1) is 13.2. The maximum absolute atomic E-state index is 12.7. The Labute approximate surface area is 155 Å². The molecule has 0 bridgehead atoms. The minimum atomic E-state index is -0.255. The molecule has 1 amide bonds. The third kappa shape index (κ3) is 3.43. The van der Waals surface area contributed by atoms with Gasteiger partial charge in [0.05, 0.1) is 12.2 Å². The Kier molecular flexibility index (Phi) is 4.64. The van der Waals surface area contributed by atoms with Crippen LogP contribution in [0, 0.1) is 0 Å². The molecule has 1 aromatic carbocycles. The summed E-state index contributed by atoms with van der Waals surface area (Å²) in [6.07, 6.45) is 5.40. The molecule has 3 aromatic rings. The molecule has 1 atom stereocenters. The van der Waals surface area contributed by atoms with Gasteiger partial charge in [-0.2, -0.15) is 5.10 Å². The standard InChI is InChI=1S/C19H20N4O4/c1-12(14-2-3-16-17(8-14)27-7-6-26-16)22-19(25)15-10-21-23-11-13(4-5-24)9-20-18(15)23/h2-3,8-12,24H,4-7H2,1H3,(H,22,25)/t12-/m0/s1. The predicted molar refractivity (Wildman–Crippen MR) is 97.1 cm³/mol. The van der Waals surface area contributed by atoms with Crippen molar-refractivity contribution >= 4 is 11.6 Å². The number of hydrogen-bond donors (Lipinski definition) is 2. The molecule has 3 heterocycles. The maximum Gasteiger partial charge on any atom is 0.257 e. The van der Waals surface area contributed by atoms with E-state index in [4.69, 9.17) is 14.6 Å². The molecule has 0 radical (unpaired) electrons. The number of aliphatic hydroxyl groups is 1. The smallest absolute Gasteiger partial charge is 0.257 e. The van der Waals surface area contributed by atoms with Gasteiger partial charge >= 0.3 is 0 Å². The number of nitrogens with zero attached hydrogens (tertiary/aromatic N) is 3. The molecule has 8 heteroatoms. The molecular formula is C19H20N4O4. The number of aromatic nitrogens is 3. The molecule has 0 saturated heterocycles. The summed E-state index contributed by atoms with van der Waals surface area (Å²) in [4.78, 5) is 17.0. The zero-order valence-corrected chi connectivity index (χ0v) is 14.9. The number of benzene rings is 1. The van der Waals surface area contributed by atoms with Crippen LogP contribution in [0.2, 0.25) is 0 Å². The summed E-state index contributed by atoms with van der Waals surface area (Å²) in [6, 6.07) is 5.42. The number of carbonyl (C=O) groups excluding carboxylic acids is 1. The van der Waals surface area contributed by atoms with Gasteiger partial charge in [-0.05, 0) is 36.6 Å². The molecule has 0 aliphatic carbocycles. The fourth-order valence-electron chi connectivity index (χ4n) is 3.02. The summed E-state index contributed by atoms with van der Waals surface area (Å²) >= 11 is 0. The summed E-state index contributed by atoms with van der Waals surface area (Å²) < 4.78 is 12.7. The van der Waals surface area contributed by atoms with E-state index in [1.165, 1.54) is 6.20 Å². The van der Waals surface area contributed by atoms with E-state index in [-0.39, 0.29) is 18.6 Å². The van der Waals surface area contributed by atoms with Gasteiger partial charge in [-0.3, -0.25) is 4.79 Å². The Morgan fingerprint density at radius 1 is 1.30 bits per heavy atom. The lowest BCUT2D eigenvalue weighted by Crippen LogP contribution is -2.27. The van der Waals surface area contributed by atoms with Crippen LogP contribution in [0.25, 0.3) is 5.65 Å². The predicted octanol–water partition coefficient (Wildman–Crippen LogP) is 1.53. The summed E-state index contributed by atoms with van der Waals surface area (Å²) in [5.41, 5.74) is 2.64. The van der Waals surface area contributed by atoms with E-state index in [2.05, 4.69) is 15.4 Å². The largest absolute Gasteiger partial charge is 0.486 e. The molecule has 0 unspecified atom stereocenters. The van der Waals surface area contributed by atoms with Crippen molar-refractivity contribution in [1.82, 2.24) is 19.9 Å². The van der Waals surface area contributed by atoms with Crippen LogP contribution < -0.4 is 14.8 Å². The van der Waals surface area contributed by atoms with Crippen LogP contribution in [0.15, 0.2) is 36.8 Å². The molecule has 1 aliphatic heterocycles. The monoisotopic (exact) mass is 368 g/mol. The Bertz CT molecular complexity index is 985. The van der Waals surface area contributed by atoms with E-state index in [9.17, 15) is 4.79 Å². The molecule has 8 nitrogen and oxygen atoms in total. The average molecular weight is 368 g/mol. The quantitative estimate of drug-likeness (QED) is 0.709. The first kappa shape index (κ1) is 17.3. The molecule has 0 saturated carbocycles. The van der Waals surface area contributed by atoms with Crippen molar-refractivity contribution in [3.05, 3.63) is 53.5 Å². The topological polar surface area (TPSA) is 98.0 Å². The van der Waals surface area contributed by atoms with Crippen molar-refractivity contribution in [3.8, 4) is 11.5 Å². The van der Waals surface area contributed by atoms with Crippen molar-refractivity contribution in [2.24, 2.45) is 0 Å². The highest BCUT2D eigenvalue weighted by Gasteiger charge is 2.19. The van der Waals surface area contributed by atoms with Crippen molar-refractivity contribution in [3.63, 3.8) is 0 Å². The van der Waals surface area contributed by atoms with Gasteiger partial charge in [0.2, 0.25) is 0 Å². The van der Waals surface area contributed by atoms with Crippen LogP contribution in [-0.2, 0) is 6.42 Å². The number of rotatable bonds is 5. The summed E-state index contributed by atoms with van der Waals surface area (Å²) in [5, 5.41) is 16.2. The highest BCUT2D eigenvalue weighted by atomic mass is 16.6. The highest BCUT2D eigenvalue weighted by Crippen LogP contribution is 2.32. The van der Waals surface area contributed by atoms with Crippen LogP contribution >= 0.6 is 0 Å². The first-order valence-corrected chi connectivity index (χ1v) is 8.79. The van der Waals surface area contributed by atoms with Crippen molar-refractivity contribution in [2.75, 3.05) is 19.8 Å². The Hall–Kier alpha value is -3.13.